The zero-order valence-electron chi connectivity index (χ0n) is 17.4. The third kappa shape index (κ3) is 8.05. The second-order valence-corrected chi connectivity index (χ2v) is 6.97. The Bertz CT molecular complexity index is 737. The van der Waals surface area contributed by atoms with Crippen molar-refractivity contribution < 1.29 is 14.6 Å². The predicted molar refractivity (Wildman–Crippen MR) is 113 cm³/mol. The molecule has 0 saturated heterocycles. The number of aryl methyl sites for hydroxylation is 1. The maximum Gasteiger partial charge on any atom is 0.316 e. The van der Waals surface area contributed by atoms with Crippen LogP contribution < -0.4 is 10.1 Å². The van der Waals surface area contributed by atoms with Crippen molar-refractivity contribution in [3.05, 3.63) is 41.9 Å². The quantitative estimate of drug-likeness (QED) is 0.452. The molecule has 2 aromatic rings. The van der Waals surface area contributed by atoms with Gasteiger partial charge in [0.15, 0.2) is 0 Å². The zero-order chi connectivity index (χ0) is 20.9. The molecule has 0 unspecified atom stereocenters. The van der Waals surface area contributed by atoms with E-state index in [-0.39, 0.29) is 6.01 Å². The number of nitrogens with one attached hydrogen (secondary N) is 1. The molecule has 0 bridgehead atoms. The molecule has 0 aliphatic heterocycles. The second kappa shape index (κ2) is 12.7. The summed E-state index contributed by atoms with van der Waals surface area (Å²) in [7, 11) is 0. The van der Waals surface area contributed by atoms with Gasteiger partial charge in [0.2, 0.25) is 0 Å². The fourth-order valence-electron chi connectivity index (χ4n) is 3.23. The van der Waals surface area contributed by atoms with E-state index in [1.807, 2.05) is 19.1 Å². The lowest BCUT2D eigenvalue weighted by Crippen LogP contribution is -2.12. The first-order valence-corrected chi connectivity index (χ1v) is 10.5. The van der Waals surface area contributed by atoms with Gasteiger partial charge < -0.3 is 15.2 Å². The van der Waals surface area contributed by atoms with Gasteiger partial charge in [-0.3, -0.25) is 4.79 Å². The molecule has 0 aliphatic carbocycles. The Hall–Kier alpha value is -2.70. The van der Waals surface area contributed by atoms with Gasteiger partial charge >= 0.3 is 12.0 Å². The molecule has 0 fully saturated rings. The van der Waals surface area contributed by atoms with Crippen LogP contribution in [0.4, 0.5) is 5.82 Å². The summed E-state index contributed by atoms with van der Waals surface area (Å²) in [4.78, 5) is 24.4. The maximum absolute atomic E-state index is 11.6. The summed E-state index contributed by atoms with van der Waals surface area (Å²) in [5.41, 5.74) is 1.75. The molecule has 7 heteroatoms. The number of aliphatic carboxylic acids is 1. The number of aromatic nitrogens is 3. The largest absolute Gasteiger partial charge is 0.481 e. The number of nitrogens with zero attached hydrogens (tertiary/aromatic N) is 3. The third-order valence-corrected chi connectivity index (χ3v) is 4.71. The highest BCUT2D eigenvalue weighted by molar-refractivity contribution is 5.75. The molecule has 2 aromatic heterocycles. The summed E-state index contributed by atoms with van der Waals surface area (Å²) in [6.07, 6.45) is 9.90. The Morgan fingerprint density at radius 2 is 1.83 bits per heavy atom. The zero-order valence-corrected chi connectivity index (χ0v) is 17.4. The third-order valence-electron chi connectivity index (χ3n) is 4.71. The predicted octanol–water partition coefficient (Wildman–Crippen LogP) is 4.45. The Morgan fingerprint density at radius 3 is 2.52 bits per heavy atom. The number of ether oxygens (including phenoxy) is 1. The monoisotopic (exact) mass is 400 g/mol. The van der Waals surface area contributed by atoms with Gasteiger partial charge in [0.1, 0.15) is 5.82 Å². The number of carboxylic acid groups (broad SMARTS) is 1. The van der Waals surface area contributed by atoms with Crippen LogP contribution in [0.15, 0.2) is 30.6 Å². The Balaban J connectivity index is 1.67. The van der Waals surface area contributed by atoms with Crippen LogP contribution in [-0.4, -0.2) is 39.2 Å². The van der Waals surface area contributed by atoms with Crippen LogP contribution in [0.5, 0.6) is 6.01 Å². The van der Waals surface area contributed by atoms with Crippen LogP contribution in [0.1, 0.15) is 69.5 Å². The van der Waals surface area contributed by atoms with Gasteiger partial charge in [0, 0.05) is 30.2 Å². The van der Waals surface area contributed by atoms with Gasteiger partial charge in [-0.2, -0.15) is 0 Å². The maximum atomic E-state index is 11.6. The minimum absolute atomic E-state index is 0.283. The van der Waals surface area contributed by atoms with E-state index in [9.17, 15) is 9.90 Å². The normalized spacial score (nSPS) is 11.8. The summed E-state index contributed by atoms with van der Waals surface area (Å²) in [6.45, 7) is 5.27. The molecule has 158 valence electrons. The first kappa shape index (κ1) is 22.6. The van der Waals surface area contributed by atoms with Gasteiger partial charge in [0.05, 0.1) is 12.5 Å². The molecule has 7 nitrogen and oxygen atoms in total. The topological polar surface area (TPSA) is 97.2 Å². The van der Waals surface area contributed by atoms with Gasteiger partial charge in [-0.25, -0.2) is 15.0 Å². The summed E-state index contributed by atoms with van der Waals surface area (Å²) in [5, 5.41) is 12.8. The number of rotatable bonds is 14. The number of carboxylic acids is 1. The molecule has 0 aliphatic rings. The molecule has 0 saturated carbocycles. The van der Waals surface area contributed by atoms with Crippen molar-refractivity contribution in [3.63, 3.8) is 0 Å². The van der Waals surface area contributed by atoms with E-state index in [0.29, 0.717) is 18.6 Å². The van der Waals surface area contributed by atoms with Crippen LogP contribution in [0.2, 0.25) is 0 Å². The molecular formula is C22H32N4O3. The molecule has 0 radical (unpaired) electrons. The first-order chi connectivity index (χ1) is 14.1. The lowest BCUT2D eigenvalue weighted by atomic mass is 9.95. The van der Waals surface area contributed by atoms with Crippen LogP contribution in [0, 0.1) is 0 Å². The van der Waals surface area contributed by atoms with Crippen molar-refractivity contribution in [2.75, 3.05) is 18.5 Å². The number of pyridine rings is 1. The summed E-state index contributed by atoms with van der Waals surface area (Å²) in [6, 6.07) is 6.38. The van der Waals surface area contributed by atoms with Crippen LogP contribution in [-0.2, 0) is 11.2 Å². The molecule has 2 heterocycles. The number of unbranched alkanes of at least 4 members (excludes halogenated alkanes) is 4. The van der Waals surface area contributed by atoms with Crippen LogP contribution in [0.25, 0.3) is 0 Å². The van der Waals surface area contributed by atoms with Crippen LogP contribution in [0.3, 0.4) is 0 Å². The van der Waals surface area contributed by atoms with Crippen molar-refractivity contribution in [1.29, 1.82) is 0 Å². The van der Waals surface area contributed by atoms with E-state index in [0.717, 1.165) is 56.6 Å². The minimum Gasteiger partial charge on any atom is -0.481 e. The van der Waals surface area contributed by atoms with Crippen molar-refractivity contribution >= 4 is 11.8 Å². The molecule has 2 rings (SSSR count). The molecule has 0 spiro atoms. The van der Waals surface area contributed by atoms with E-state index in [1.165, 1.54) is 0 Å². The summed E-state index contributed by atoms with van der Waals surface area (Å²) < 4.78 is 5.21. The number of hydrogen-bond acceptors (Lipinski definition) is 6. The molecular weight excluding hydrogens is 368 g/mol. The van der Waals surface area contributed by atoms with Gasteiger partial charge in [-0.15, -0.1) is 0 Å². The molecule has 1 atom stereocenters. The highest BCUT2D eigenvalue weighted by Crippen LogP contribution is 2.23. The van der Waals surface area contributed by atoms with E-state index in [4.69, 9.17) is 4.74 Å². The van der Waals surface area contributed by atoms with E-state index >= 15 is 0 Å². The van der Waals surface area contributed by atoms with E-state index in [2.05, 4.69) is 33.3 Å². The van der Waals surface area contributed by atoms with Crippen molar-refractivity contribution in [2.45, 2.75) is 64.7 Å². The van der Waals surface area contributed by atoms with Crippen molar-refractivity contribution in [3.8, 4) is 6.01 Å². The van der Waals surface area contributed by atoms with Crippen molar-refractivity contribution in [2.24, 2.45) is 0 Å². The smallest absolute Gasteiger partial charge is 0.316 e. The summed E-state index contributed by atoms with van der Waals surface area (Å²) in [5.74, 6) is -0.462. The number of hydrogen-bond donors (Lipinski definition) is 2. The average molecular weight is 401 g/mol. The highest BCUT2D eigenvalue weighted by Gasteiger charge is 2.20. The molecule has 0 aromatic carbocycles. The van der Waals surface area contributed by atoms with Gasteiger partial charge in [-0.05, 0) is 45.2 Å². The first-order valence-electron chi connectivity index (χ1n) is 10.5. The van der Waals surface area contributed by atoms with E-state index in [1.54, 1.807) is 12.4 Å². The highest BCUT2D eigenvalue weighted by atomic mass is 16.5. The van der Waals surface area contributed by atoms with Crippen LogP contribution >= 0.6 is 0 Å². The summed E-state index contributed by atoms with van der Waals surface area (Å²) >= 11 is 0. The number of anilines is 1. The average Bonchev–Trinajstić information content (AvgIpc) is 2.71. The molecule has 2 N–H and O–H groups in total. The Morgan fingerprint density at radius 1 is 1.10 bits per heavy atom. The molecule has 29 heavy (non-hydrogen) atoms. The Labute approximate surface area is 173 Å². The second-order valence-electron chi connectivity index (χ2n) is 6.97. The SMILES string of the molecule is CCNc1cccc(CCCCCCC[C@@H](C(=O)O)c2cnc(OCC)nc2)n1. The van der Waals surface area contributed by atoms with E-state index < -0.39 is 11.9 Å². The lowest BCUT2D eigenvalue weighted by Gasteiger charge is -2.12. The minimum atomic E-state index is -0.829. The van der Waals surface area contributed by atoms with Gasteiger partial charge in [-0.1, -0.05) is 31.7 Å². The van der Waals surface area contributed by atoms with Crippen molar-refractivity contribution in [1.82, 2.24) is 15.0 Å². The standard InChI is InChI=1S/C22H32N4O3/c1-3-23-20-14-10-12-18(26-20)11-8-6-5-7-9-13-19(21(27)28)17-15-24-22(25-16-17)29-4-2/h10,12,14-16,19H,3-9,11,13H2,1-2H3,(H,23,26)(H,27,28)/t19-/m1/s1. The number of carbonyl (C=O) groups is 1. The fourth-order valence-corrected chi connectivity index (χ4v) is 3.23. The lowest BCUT2D eigenvalue weighted by molar-refractivity contribution is -0.139. The fraction of sp³-hybridized carbons (Fsp3) is 0.545. The molecule has 0 amide bonds. The Kier molecular flexibility index (Phi) is 9.89. The van der Waals surface area contributed by atoms with Gasteiger partial charge in [0.25, 0.3) is 0 Å².